The maximum absolute atomic E-state index is 9.27. The third kappa shape index (κ3) is 2.03. The van der Waals surface area contributed by atoms with Crippen LogP contribution in [0.3, 0.4) is 0 Å². The summed E-state index contributed by atoms with van der Waals surface area (Å²) < 4.78 is 1.07. The van der Waals surface area contributed by atoms with Gasteiger partial charge in [-0.05, 0) is 43.4 Å². The molecular formula is C15H17BrN2. The maximum Gasteiger partial charge on any atom is 0.101 e. The number of halogens is 1. The van der Waals surface area contributed by atoms with Crippen LogP contribution in [-0.2, 0) is 0 Å². The summed E-state index contributed by atoms with van der Waals surface area (Å²) in [6, 6.07) is 8.99. The zero-order valence-electron chi connectivity index (χ0n) is 10.4. The Morgan fingerprint density at radius 2 is 2.06 bits per heavy atom. The lowest BCUT2D eigenvalue weighted by atomic mass is 9.85. The molecule has 1 aromatic rings. The van der Waals surface area contributed by atoms with Crippen LogP contribution in [-0.4, -0.2) is 12.6 Å². The van der Waals surface area contributed by atoms with Crippen molar-refractivity contribution in [2.45, 2.75) is 38.1 Å². The van der Waals surface area contributed by atoms with Gasteiger partial charge in [-0.15, -0.1) is 0 Å². The quantitative estimate of drug-likeness (QED) is 0.781. The summed E-state index contributed by atoms with van der Waals surface area (Å²) in [6.07, 6.45) is 6.69. The molecule has 1 saturated heterocycles. The van der Waals surface area contributed by atoms with Crippen LogP contribution in [0, 0.1) is 17.2 Å². The summed E-state index contributed by atoms with van der Waals surface area (Å²) in [5.74, 6) is 0.851. The number of rotatable bonds is 1. The van der Waals surface area contributed by atoms with Gasteiger partial charge in [0.15, 0.2) is 0 Å². The minimum absolute atomic E-state index is 0.667. The van der Waals surface area contributed by atoms with Gasteiger partial charge in [-0.25, -0.2) is 0 Å². The van der Waals surface area contributed by atoms with Crippen molar-refractivity contribution in [3.05, 3.63) is 28.2 Å². The highest BCUT2D eigenvalue weighted by molar-refractivity contribution is 9.10. The average molecular weight is 305 g/mol. The van der Waals surface area contributed by atoms with Gasteiger partial charge >= 0.3 is 0 Å². The molecule has 0 bridgehead atoms. The van der Waals surface area contributed by atoms with Crippen LogP contribution >= 0.6 is 15.9 Å². The molecule has 0 aromatic heterocycles. The first-order chi connectivity index (χ1) is 8.79. The van der Waals surface area contributed by atoms with E-state index in [1.165, 1.54) is 32.1 Å². The Labute approximate surface area is 117 Å². The third-order valence-corrected chi connectivity index (χ3v) is 4.89. The van der Waals surface area contributed by atoms with E-state index in [2.05, 4.69) is 33.0 Å². The normalized spacial score (nSPS) is 26.8. The molecule has 0 radical (unpaired) electrons. The lowest BCUT2D eigenvalue weighted by molar-refractivity contribution is 0.342. The first-order valence-electron chi connectivity index (χ1n) is 6.76. The fourth-order valence-electron chi connectivity index (χ4n) is 3.54. The van der Waals surface area contributed by atoms with Crippen molar-refractivity contribution in [3.63, 3.8) is 0 Å². The monoisotopic (exact) mass is 304 g/mol. The molecule has 2 fully saturated rings. The number of nitriles is 1. The summed E-state index contributed by atoms with van der Waals surface area (Å²) in [7, 11) is 0. The van der Waals surface area contributed by atoms with Gasteiger partial charge in [0.25, 0.3) is 0 Å². The zero-order valence-corrected chi connectivity index (χ0v) is 12.0. The molecule has 1 aliphatic carbocycles. The summed E-state index contributed by atoms with van der Waals surface area (Å²) >= 11 is 3.52. The van der Waals surface area contributed by atoms with Crippen LogP contribution in [0.2, 0.25) is 0 Å². The van der Waals surface area contributed by atoms with Crippen molar-refractivity contribution >= 4 is 21.6 Å². The number of hydrogen-bond acceptors (Lipinski definition) is 2. The molecule has 94 valence electrons. The fraction of sp³-hybridized carbons (Fsp3) is 0.533. The highest BCUT2D eigenvalue weighted by Crippen LogP contribution is 2.40. The van der Waals surface area contributed by atoms with E-state index in [4.69, 9.17) is 0 Å². The summed E-state index contributed by atoms with van der Waals surface area (Å²) in [6.45, 7) is 1.11. The Kier molecular flexibility index (Phi) is 3.30. The van der Waals surface area contributed by atoms with E-state index in [0.29, 0.717) is 6.04 Å². The summed E-state index contributed by atoms with van der Waals surface area (Å²) in [4.78, 5) is 2.48. The molecule has 3 heteroatoms. The van der Waals surface area contributed by atoms with Crippen molar-refractivity contribution < 1.29 is 0 Å². The van der Waals surface area contributed by atoms with E-state index in [9.17, 15) is 5.26 Å². The predicted molar refractivity (Wildman–Crippen MR) is 76.6 cm³/mol. The Morgan fingerprint density at radius 3 is 2.89 bits per heavy atom. The molecule has 2 nitrogen and oxygen atoms in total. The topological polar surface area (TPSA) is 27.0 Å². The third-order valence-electron chi connectivity index (χ3n) is 4.40. The molecule has 18 heavy (non-hydrogen) atoms. The highest BCUT2D eigenvalue weighted by Gasteiger charge is 2.36. The number of anilines is 1. The summed E-state index contributed by atoms with van der Waals surface area (Å²) in [5.41, 5.74) is 1.94. The maximum atomic E-state index is 9.27. The van der Waals surface area contributed by atoms with Gasteiger partial charge in [-0.2, -0.15) is 5.26 Å². The van der Waals surface area contributed by atoms with Crippen LogP contribution in [0.5, 0.6) is 0 Å². The number of fused-ring (bicyclic) bond motifs is 1. The number of nitrogens with zero attached hydrogens (tertiary/aromatic N) is 2. The van der Waals surface area contributed by atoms with Crippen molar-refractivity contribution in [3.8, 4) is 6.07 Å². The standard InChI is InChI=1S/C15H17BrN2/c16-13-6-5-12(10-17)15(9-13)18-8-7-11-3-1-2-4-14(11)18/h5-6,9,11,14H,1-4,7-8H2. The Hall–Kier alpha value is -1.01. The smallest absolute Gasteiger partial charge is 0.101 e. The molecular weight excluding hydrogens is 288 g/mol. The van der Waals surface area contributed by atoms with Gasteiger partial charge in [-0.3, -0.25) is 0 Å². The highest BCUT2D eigenvalue weighted by atomic mass is 79.9. The molecule has 2 aliphatic rings. The molecule has 0 spiro atoms. The largest absolute Gasteiger partial charge is 0.367 e. The molecule has 3 rings (SSSR count). The lowest BCUT2D eigenvalue weighted by Crippen LogP contribution is -2.35. The Balaban J connectivity index is 1.95. The van der Waals surface area contributed by atoms with Gasteiger partial charge in [-0.1, -0.05) is 28.8 Å². The molecule has 2 unspecified atom stereocenters. The number of benzene rings is 1. The van der Waals surface area contributed by atoms with Gasteiger partial charge in [0.1, 0.15) is 6.07 Å². The van der Waals surface area contributed by atoms with Gasteiger partial charge < -0.3 is 4.90 Å². The van der Waals surface area contributed by atoms with Gasteiger partial charge in [0.05, 0.1) is 11.3 Å². The molecule has 2 atom stereocenters. The Morgan fingerprint density at radius 1 is 1.22 bits per heavy atom. The van der Waals surface area contributed by atoms with E-state index in [-0.39, 0.29) is 0 Å². The first kappa shape index (κ1) is 12.0. The SMILES string of the molecule is N#Cc1ccc(Br)cc1N1CCC2CCCCC21. The van der Waals surface area contributed by atoms with E-state index >= 15 is 0 Å². The van der Waals surface area contributed by atoms with Crippen LogP contribution < -0.4 is 4.90 Å². The fourth-order valence-corrected chi connectivity index (χ4v) is 3.89. The van der Waals surface area contributed by atoms with Crippen molar-refractivity contribution in [2.75, 3.05) is 11.4 Å². The van der Waals surface area contributed by atoms with Crippen LogP contribution in [0.4, 0.5) is 5.69 Å². The second-order valence-electron chi connectivity index (χ2n) is 5.37. The molecule has 0 amide bonds. The predicted octanol–water partition coefficient (Wildman–Crippen LogP) is 4.09. The Bertz CT molecular complexity index is 492. The van der Waals surface area contributed by atoms with E-state index in [0.717, 1.165) is 28.2 Å². The molecule has 1 aromatic carbocycles. The average Bonchev–Trinajstić information content (AvgIpc) is 2.82. The van der Waals surface area contributed by atoms with E-state index < -0.39 is 0 Å². The van der Waals surface area contributed by atoms with Crippen LogP contribution in [0.1, 0.15) is 37.7 Å². The van der Waals surface area contributed by atoms with Crippen LogP contribution in [0.15, 0.2) is 22.7 Å². The van der Waals surface area contributed by atoms with Crippen LogP contribution in [0.25, 0.3) is 0 Å². The van der Waals surface area contributed by atoms with Gasteiger partial charge in [0, 0.05) is 17.1 Å². The summed E-state index contributed by atoms with van der Waals surface area (Å²) in [5, 5.41) is 9.27. The minimum atomic E-state index is 0.667. The molecule has 1 aliphatic heterocycles. The van der Waals surface area contributed by atoms with Crippen molar-refractivity contribution in [2.24, 2.45) is 5.92 Å². The molecule has 1 saturated carbocycles. The van der Waals surface area contributed by atoms with E-state index in [1.807, 2.05) is 12.1 Å². The lowest BCUT2D eigenvalue weighted by Gasteiger charge is -2.33. The second-order valence-corrected chi connectivity index (χ2v) is 6.28. The second kappa shape index (κ2) is 4.93. The molecule has 1 heterocycles. The van der Waals surface area contributed by atoms with Crippen molar-refractivity contribution in [1.82, 2.24) is 0 Å². The number of hydrogen-bond donors (Lipinski definition) is 0. The zero-order chi connectivity index (χ0) is 12.5. The minimum Gasteiger partial charge on any atom is -0.367 e. The van der Waals surface area contributed by atoms with E-state index in [1.54, 1.807) is 0 Å². The first-order valence-corrected chi connectivity index (χ1v) is 7.55. The van der Waals surface area contributed by atoms with Crippen molar-refractivity contribution in [1.29, 1.82) is 5.26 Å². The molecule has 0 N–H and O–H groups in total. The van der Waals surface area contributed by atoms with Gasteiger partial charge in [0.2, 0.25) is 0 Å².